The van der Waals surface area contributed by atoms with Crippen LogP contribution in [0.4, 0.5) is 5.69 Å². The second-order valence-corrected chi connectivity index (χ2v) is 9.20. The monoisotopic (exact) mass is 379 g/mol. The summed E-state index contributed by atoms with van der Waals surface area (Å²) in [6.45, 7) is 2.36. The maximum Gasteiger partial charge on any atom is 0.169 e. The van der Waals surface area contributed by atoms with E-state index >= 15 is 0 Å². The van der Waals surface area contributed by atoms with E-state index in [1.807, 2.05) is 23.1 Å². The standard InChI is InChI=1S/C13H18BrNO3S2/c1-9(16)11-4-3-10(14)7-12(11)15-5-6-19-8-13(15)20(2,17)18/h3-4,7,9,13,16H,5-6,8H2,1-2H3. The van der Waals surface area contributed by atoms with Crippen molar-refractivity contribution in [1.82, 2.24) is 0 Å². The number of nitrogens with zero attached hydrogens (tertiary/aromatic N) is 1. The van der Waals surface area contributed by atoms with Crippen LogP contribution >= 0.6 is 27.7 Å². The van der Waals surface area contributed by atoms with Crippen molar-refractivity contribution in [3.63, 3.8) is 0 Å². The zero-order chi connectivity index (χ0) is 14.9. The fourth-order valence-electron chi connectivity index (χ4n) is 2.33. The molecule has 20 heavy (non-hydrogen) atoms. The molecule has 0 bridgehead atoms. The molecule has 1 fully saturated rings. The molecule has 2 unspecified atom stereocenters. The summed E-state index contributed by atoms with van der Waals surface area (Å²) in [5.74, 6) is 1.45. The molecule has 0 saturated carbocycles. The van der Waals surface area contributed by atoms with E-state index in [1.54, 1.807) is 18.7 Å². The molecule has 1 aromatic carbocycles. The minimum absolute atomic E-state index is 0.534. The number of aliphatic hydroxyl groups is 1. The topological polar surface area (TPSA) is 57.6 Å². The zero-order valence-corrected chi connectivity index (χ0v) is 14.6. The lowest BCUT2D eigenvalue weighted by atomic mass is 10.1. The molecule has 4 nitrogen and oxygen atoms in total. The van der Waals surface area contributed by atoms with E-state index in [-0.39, 0.29) is 0 Å². The largest absolute Gasteiger partial charge is 0.389 e. The zero-order valence-electron chi connectivity index (χ0n) is 11.4. The van der Waals surface area contributed by atoms with Crippen molar-refractivity contribution in [2.45, 2.75) is 18.4 Å². The number of hydrogen-bond donors (Lipinski definition) is 1. The minimum Gasteiger partial charge on any atom is -0.389 e. The predicted molar refractivity (Wildman–Crippen MR) is 88.1 cm³/mol. The van der Waals surface area contributed by atoms with Gasteiger partial charge in [0, 0.05) is 40.0 Å². The highest BCUT2D eigenvalue weighted by Crippen LogP contribution is 2.34. The molecule has 2 atom stereocenters. The molecule has 1 N–H and O–H groups in total. The summed E-state index contributed by atoms with van der Waals surface area (Å²) < 4.78 is 24.9. The van der Waals surface area contributed by atoms with Crippen molar-refractivity contribution < 1.29 is 13.5 Å². The first-order chi connectivity index (χ1) is 9.30. The number of benzene rings is 1. The summed E-state index contributed by atoms with van der Waals surface area (Å²) in [6.07, 6.45) is 0.643. The number of halogens is 1. The smallest absolute Gasteiger partial charge is 0.169 e. The van der Waals surface area contributed by atoms with E-state index in [1.165, 1.54) is 6.26 Å². The van der Waals surface area contributed by atoms with Gasteiger partial charge in [-0.1, -0.05) is 22.0 Å². The predicted octanol–water partition coefficient (Wildman–Crippen LogP) is 2.43. The molecule has 7 heteroatoms. The van der Waals surface area contributed by atoms with Crippen LogP contribution in [-0.2, 0) is 9.84 Å². The second-order valence-electron chi connectivity index (χ2n) is 4.93. The highest BCUT2D eigenvalue weighted by molar-refractivity contribution is 9.10. The first-order valence-electron chi connectivity index (χ1n) is 6.31. The summed E-state index contributed by atoms with van der Waals surface area (Å²) in [5.41, 5.74) is 1.55. The highest BCUT2D eigenvalue weighted by Gasteiger charge is 2.32. The number of aliphatic hydroxyl groups excluding tert-OH is 1. The Balaban J connectivity index is 2.50. The average molecular weight is 380 g/mol. The molecule has 1 aliphatic rings. The van der Waals surface area contributed by atoms with Gasteiger partial charge in [-0.3, -0.25) is 0 Å². The molecule has 0 aromatic heterocycles. The third-order valence-electron chi connectivity index (χ3n) is 3.33. The summed E-state index contributed by atoms with van der Waals surface area (Å²) in [7, 11) is -3.17. The van der Waals surface area contributed by atoms with Gasteiger partial charge in [-0.25, -0.2) is 8.42 Å². The van der Waals surface area contributed by atoms with Gasteiger partial charge in [0.15, 0.2) is 9.84 Å². The van der Waals surface area contributed by atoms with E-state index in [9.17, 15) is 13.5 Å². The van der Waals surface area contributed by atoms with Crippen molar-refractivity contribution in [3.8, 4) is 0 Å². The Hall–Kier alpha value is -0.240. The van der Waals surface area contributed by atoms with Crippen LogP contribution < -0.4 is 4.90 Å². The van der Waals surface area contributed by atoms with Crippen LogP contribution in [0, 0.1) is 0 Å². The summed E-state index contributed by atoms with van der Waals surface area (Å²) in [4.78, 5) is 1.90. The van der Waals surface area contributed by atoms with Crippen LogP contribution in [-0.4, -0.2) is 43.2 Å². The Kier molecular flexibility index (Phi) is 5.05. The molecule has 0 radical (unpaired) electrons. The number of sulfone groups is 1. The van der Waals surface area contributed by atoms with Crippen LogP contribution in [0.15, 0.2) is 22.7 Å². The molecule has 0 aliphatic carbocycles. The molecule has 112 valence electrons. The number of hydrogen-bond acceptors (Lipinski definition) is 5. The van der Waals surface area contributed by atoms with Gasteiger partial charge >= 0.3 is 0 Å². The number of rotatable bonds is 3. The Bertz CT molecular complexity index is 589. The van der Waals surface area contributed by atoms with E-state index in [0.717, 1.165) is 21.5 Å². The number of thioether (sulfide) groups is 1. The first-order valence-corrected chi connectivity index (χ1v) is 10.2. The Morgan fingerprint density at radius 1 is 1.50 bits per heavy atom. The van der Waals surface area contributed by atoms with Gasteiger partial charge in [-0.15, -0.1) is 0 Å². The lowest BCUT2D eigenvalue weighted by Crippen LogP contribution is -2.47. The lowest BCUT2D eigenvalue weighted by molar-refractivity contribution is 0.199. The van der Waals surface area contributed by atoms with Gasteiger partial charge in [-0.2, -0.15) is 11.8 Å². The second kappa shape index (κ2) is 6.25. The summed E-state index contributed by atoms with van der Waals surface area (Å²) in [5, 5.41) is 9.38. The fourth-order valence-corrected chi connectivity index (χ4v) is 5.51. The van der Waals surface area contributed by atoms with Crippen molar-refractivity contribution in [2.75, 3.05) is 29.2 Å². The van der Waals surface area contributed by atoms with Crippen LogP contribution in [0.3, 0.4) is 0 Å². The quantitative estimate of drug-likeness (QED) is 0.873. The highest BCUT2D eigenvalue weighted by atomic mass is 79.9. The SMILES string of the molecule is CC(O)c1ccc(Br)cc1N1CCSCC1S(C)(=O)=O. The van der Waals surface area contributed by atoms with Crippen molar-refractivity contribution in [3.05, 3.63) is 28.2 Å². The van der Waals surface area contributed by atoms with Gasteiger partial charge in [-0.05, 0) is 19.1 Å². The van der Waals surface area contributed by atoms with E-state index in [4.69, 9.17) is 0 Å². The molecular formula is C13H18BrNO3S2. The van der Waals surface area contributed by atoms with E-state index in [0.29, 0.717) is 12.3 Å². The lowest BCUT2D eigenvalue weighted by Gasteiger charge is -2.37. The normalized spacial score (nSPS) is 21.8. The van der Waals surface area contributed by atoms with Crippen molar-refractivity contribution >= 4 is 43.2 Å². The van der Waals surface area contributed by atoms with E-state index in [2.05, 4.69) is 15.9 Å². The van der Waals surface area contributed by atoms with Crippen molar-refractivity contribution in [1.29, 1.82) is 0 Å². The Morgan fingerprint density at radius 3 is 2.80 bits per heavy atom. The maximum atomic E-state index is 12.0. The van der Waals surface area contributed by atoms with Gasteiger partial charge in [0.2, 0.25) is 0 Å². The fraction of sp³-hybridized carbons (Fsp3) is 0.538. The van der Waals surface area contributed by atoms with Crippen LogP contribution in [0.5, 0.6) is 0 Å². The van der Waals surface area contributed by atoms with Crippen LogP contribution in [0.1, 0.15) is 18.6 Å². The van der Waals surface area contributed by atoms with Gasteiger partial charge in [0.05, 0.1) is 6.10 Å². The third-order valence-corrected chi connectivity index (χ3v) is 6.47. The van der Waals surface area contributed by atoms with Gasteiger partial charge < -0.3 is 10.0 Å². The molecule has 1 saturated heterocycles. The first kappa shape index (κ1) is 16.1. The Morgan fingerprint density at radius 2 is 2.20 bits per heavy atom. The molecule has 1 aromatic rings. The summed E-state index contributed by atoms with van der Waals surface area (Å²) >= 11 is 5.07. The average Bonchev–Trinajstić information content (AvgIpc) is 2.37. The molecule has 1 heterocycles. The minimum atomic E-state index is -3.17. The molecular weight excluding hydrogens is 362 g/mol. The van der Waals surface area contributed by atoms with Gasteiger partial charge in [0.25, 0.3) is 0 Å². The van der Waals surface area contributed by atoms with Gasteiger partial charge in [0.1, 0.15) is 5.37 Å². The van der Waals surface area contributed by atoms with Crippen LogP contribution in [0.2, 0.25) is 0 Å². The van der Waals surface area contributed by atoms with Crippen LogP contribution in [0.25, 0.3) is 0 Å². The summed E-state index contributed by atoms with van der Waals surface area (Å²) in [6, 6.07) is 5.58. The Labute approximate surface area is 132 Å². The van der Waals surface area contributed by atoms with Crippen molar-refractivity contribution in [2.24, 2.45) is 0 Å². The van der Waals surface area contributed by atoms with E-state index < -0.39 is 21.3 Å². The molecule has 1 aliphatic heterocycles. The number of anilines is 1. The molecule has 2 rings (SSSR count). The third kappa shape index (κ3) is 3.50. The maximum absolute atomic E-state index is 12.0. The molecule has 0 spiro atoms. The molecule has 0 amide bonds.